The molecule has 1 amide bonds. The standard InChI is InChI=1S/C16H23NO2/c1-3-7-16(18)17-11-6-9-14(17)12-13-8-4-5-10-15(13)19-2/h4-5,8,10,14H,3,6-7,9,11-12H2,1-2H3/t14-/m0/s1. The van der Waals surface area contributed by atoms with Crippen molar-refractivity contribution in [2.45, 2.75) is 45.1 Å². The van der Waals surface area contributed by atoms with Gasteiger partial charge in [0.1, 0.15) is 5.75 Å². The molecule has 1 aliphatic rings. The van der Waals surface area contributed by atoms with Crippen molar-refractivity contribution in [2.24, 2.45) is 0 Å². The lowest BCUT2D eigenvalue weighted by atomic mass is 10.0. The van der Waals surface area contributed by atoms with Crippen molar-refractivity contribution >= 4 is 5.91 Å². The van der Waals surface area contributed by atoms with Crippen LogP contribution in [0.15, 0.2) is 24.3 Å². The Morgan fingerprint density at radius 1 is 1.42 bits per heavy atom. The molecular formula is C16H23NO2. The monoisotopic (exact) mass is 261 g/mol. The van der Waals surface area contributed by atoms with Gasteiger partial charge in [-0.1, -0.05) is 25.1 Å². The zero-order valence-corrected chi connectivity index (χ0v) is 11.9. The van der Waals surface area contributed by atoms with Crippen LogP contribution in [0.5, 0.6) is 5.75 Å². The van der Waals surface area contributed by atoms with E-state index in [-0.39, 0.29) is 0 Å². The summed E-state index contributed by atoms with van der Waals surface area (Å²) in [5, 5.41) is 0. The van der Waals surface area contributed by atoms with Crippen molar-refractivity contribution in [2.75, 3.05) is 13.7 Å². The Morgan fingerprint density at radius 3 is 2.95 bits per heavy atom. The van der Waals surface area contributed by atoms with Gasteiger partial charge in [-0.2, -0.15) is 0 Å². The van der Waals surface area contributed by atoms with Gasteiger partial charge in [-0.15, -0.1) is 0 Å². The number of ether oxygens (including phenoxy) is 1. The number of para-hydroxylation sites is 1. The zero-order valence-electron chi connectivity index (χ0n) is 11.9. The molecule has 2 rings (SSSR count). The molecule has 1 fully saturated rings. The molecule has 0 N–H and O–H groups in total. The molecule has 3 nitrogen and oxygen atoms in total. The first kappa shape index (κ1) is 13.9. The van der Waals surface area contributed by atoms with E-state index in [1.54, 1.807) is 7.11 Å². The van der Waals surface area contributed by atoms with Gasteiger partial charge in [0.15, 0.2) is 0 Å². The number of nitrogens with zero attached hydrogens (tertiary/aromatic N) is 1. The van der Waals surface area contributed by atoms with Gasteiger partial charge in [0.2, 0.25) is 5.91 Å². The molecule has 1 aliphatic heterocycles. The first-order valence-corrected chi connectivity index (χ1v) is 7.17. The van der Waals surface area contributed by atoms with Gasteiger partial charge in [0.05, 0.1) is 7.11 Å². The maximum Gasteiger partial charge on any atom is 0.222 e. The number of likely N-dealkylation sites (tertiary alicyclic amines) is 1. The second-order valence-corrected chi connectivity index (χ2v) is 5.15. The Kier molecular flexibility index (Phi) is 4.83. The number of hydrogen-bond donors (Lipinski definition) is 0. The van der Waals surface area contributed by atoms with E-state index in [1.165, 1.54) is 5.56 Å². The maximum absolute atomic E-state index is 12.1. The number of hydrogen-bond acceptors (Lipinski definition) is 2. The molecule has 1 heterocycles. The van der Waals surface area contributed by atoms with E-state index in [0.717, 1.165) is 38.0 Å². The number of amides is 1. The summed E-state index contributed by atoms with van der Waals surface area (Å²) < 4.78 is 5.40. The van der Waals surface area contributed by atoms with Crippen LogP contribution >= 0.6 is 0 Å². The van der Waals surface area contributed by atoms with Crippen molar-refractivity contribution in [1.29, 1.82) is 0 Å². The predicted octanol–water partition coefficient (Wildman–Crippen LogP) is 3.03. The van der Waals surface area contributed by atoms with E-state index in [4.69, 9.17) is 4.74 Å². The van der Waals surface area contributed by atoms with Gasteiger partial charge in [-0.3, -0.25) is 4.79 Å². The van der Waals surface area contributed by atoms with E-state index in [1.807, 2.05) is 18.2 Å². The highest BCUT2D eigenvalue weighted by molar-refractivity contribution is 5.76. The molecule has 3 heteroatoms. The molecule has 1 aromatic rings. The number of carbonyl (C=O) groups excluding carboxylic acids is 1. The lowest BCUT2D eigenvalue weighted by Gasteiger charge is -2.25. The van der Waals surface area contributed by atoms with Crippen LogP contribution < -0.4 is 4.74 Å². The number of rotatable bonds is 5. The van der Waals surface area contributed by atoms with Gasteiger partial charge in [0.25, 0.3) is 0 Å². The Balaban J connectivity index is 2.07. The van der Waals surface area contributed by atoms with Gasteiger partial charge in [0, 0.05) is 19.0 Å². The minimum absolute atomic E-state index is 0.305. The van der Waals surface area contributed by atoms with Crippen molar-refractivity contribution < 1.29 is 9.53 Å². The van der Waals surface area contributed by atoms with Crippen LogP contribution in [0.3, 0.4) is 0 Å². The molecule has 0 spiro atoms. The highest BCUT2D eigenvalue weighted by Crippen LogP contribution is 2.26. The molecule has 1 aromatic carbocycles. The molecule has 19 heavy (non-hydrogen) atoms. The lowest BCUT2D eigenvalue weighted by Crippen LogP contribution is -2.36. The van der Waals surface area contributed by atoms with E-state index in [9.17, 15) is 4.79 Å². The fourth-order valence-electron chi connectivity index (χ4n) is 2.86. The summed E-state index contributed by atoms with van der Waals surface area (Å²) >= 11 is 0. The average Bonchev–Trinajstić information content (AvgIpc) is 2.88. The summed E-state index contributed by atoms with van der Waals surface area (Å²) in [6.45, 7) is 2.97. The first-order valence-electron chi connectivity index (χ1n) is 7.17. The average molecular weight is 261 g/mol. The first-order chi connectivity index (χ1) is 9.26. The Bertz CT molecular complexity index is 431. The molecule has 0 aliphatic carbocycles. The molecule has 0 unspecified atom stereocenters. The normalized spacial score (nSPS) is 18.6. The summed E-state index contributed by atoms with van der Waals surface area (Å²) in [4.78, 5) is 14.2. The number of benzene rings is 1. The Hall–Kier alpha value is -1.51. The van der Waals surface area contributed by atoms with Crippen molar-refractivity contribution in [3.05, 3.63) is 29.8 Å². The van der Waals surface area contributed by atoms with Crippen molar-refractivity contribution in [3.8, 4) is 5.75 Å². The zero-order chi connectivity index (χ0) is 13.7. The second kappa shape index (κ2) is 6.60. The third-order valence-corrected chi connectivity index (χ3v) is 3.81. The van der Waals surface area contributed by atoms with E-state index >= 15 is 0 Å². The van der Waals surface area contributed by atoms with Crippen LogP contribution in [0.25, 0.3) is 0 Å². The summed E-state index contributed by atoms with van der Waals surface area (Å²) in [6, 6.07) is 8.44. The van der Waals surface area contributed by atoms with Crippen LogP contribution in [-0.4, -0.2) is 30.5 Å². The van der Waals surface area contributed by atoms with Crippen LogP contribution in [0.2, 0.25) is 0 Å². The van der Waals surface area contributed by atoms with Gasteiger partial charge < -0.3 is 9.64 Å². The van der Waals surface area contributed by atoms with E-state index in [0.29, 0.717) is 18.4 Å². The summed E-state index contributed by atoms with van der Waals surface area (Å²) in [5.41, 5.74) is 1.20. The molecule has 0 saturated carbocycles. The fourth-order valence-corrected chi connectivity index (χ4v) is 2.86. The molecule has 1 atom stereocenters. The maximum atomic E-state index is 12.1. The summed E-state index contributed by atoms with van der Waals surface area (Å²) in [5.74, 6) is 1.23. The largest absolute Gasteiger partial charge is 0.496 e. The molecule has 0 radical (unpaired) electrons. The Labute approximate surface area is 115 Å². The highest BCUT2D eigenvalue weighted by Gasteiger charge is 2.28. The highest BCUT2D eigenvalue weighted by atomic mass is 16.5. The number of carbonyl (C=O) groups is 1. The quantitative estimate of drug-likeness (QED) is 0.815. The third-order valence-electron chi connectivity index (χ3n) is 3.81. The summed E-state index contributed by atoms with van der Waals surface area (Å²) in [7, 11) is 1.70. The lowest BCUT2D eigenvalue weighted by molar-refractivity contribution is -0.132. The topological polar surface area (TPSA) is 29.5 Å². The van der Waals surface area contributed by atoms with Gasteiger partial charge >= 0.3 is 0 Å². The fraction of sp³-hybridized carbons (Fsp3) is 0.562. The van der Waals surface area contributed by atoms with E-state index < -0.39 is 0 Å². The van der Waals surface area contributed by atoms with Crippen LogP contribution in [-0.2, 0) is 11.2 Å². The van der Waals surface area contributed by atoms with E-state index in [2.05, 4.69) is 17.9 Å². The minimum Gasteiger partial charge on any atom is -0.496 e. The molecule has 104 valence electrons. The minimum atomic E-state index is 0.305. The second-order valence-electron chi connectivity index (χ2n) is 5.15. The van der Waals surface area contributed by atoms with Crippen LogP contribution in [0.4, 0.5) is 0 Å². The molecule has 0 bridgehead atoms. The molecule has 0 aromatic heterocycles. The summed E-state index contributed by atoms with van der Waals surface area (Å²) in [6.07, 6.45) is 4.72. The SMILES string of the molecule is CCCC(=O)N1CCC[C@H]1Cc1ccccc1OC. The molecular weight excluding hydrogens is 238 g/mol. The molecule has 1 saturated heterocycles. The van der Waals surface area contributed by atoms with Crippen LogP contribution in [0, 0.1) is 0 Å². The van der Waals surface area contributed by atoms with Crippen LogP contribution in [0.1, 0.15) is 38.2 Å². The van der Waals surface area contributed by atoms with Crippen molar-refractivity contribution in [3.63, 3.8) is 0 Å². The Morgan fingerprint density at radius 2 is 2.21 bits per heavy atom. The predicted molar refractivity (Wildman–Crippen MR) is 76.3 cm³/mol. The van der Waals surface area contributed by atoms with Crippen molar-refractivity contribution in [1.82, 2.24) is 4.90 Å². The smallest absolute Gasteiger partial charge is 0.222 e. The van der Waals surface area contributed by atoms with Gasteiger partial charge in [-0.25, -0.2) is 0 Å². The number of methoxy groups -OCH3 is 1. The third kappa shape index (κ3) is 3.28. The van der Waals surface area contributed by atoms with Gasteiger partial charge in [-0.05, 0) is 37.3 Å².